The summed E-state index contributed by atoms with van der Waals surface area (Å²) in [7, 11) is 1.65. The van der Waals surface area contributed by atoms with E-state index in [4.69, 9.17) is 4.74 Å². The van der Waals surface area contributed by atoms with Crippen LogP contribution in [0.2, 0.25) is 0 Å². The lowest BCUT2D eigenvalue weighted by atomic mass is 10.2. The van der Waals surface area contributed by atoms with Crippen LogP contribution in [-0.4, -0.2) is 28.1 Å². The van der Waals surface area contributed by atoms with Crippen molar-refractivity contribution in [3.63, 3.8) is 0 Å². The van der Waals surface area contributed by atoms with E-state index in [1.807, 2.05) is 72.3 Å². The molecule has 4 aromatic rings. The average Bonchev–Trinajstić information content (AvgIpc) is 3.07. The van der Waals surface area contributed by atoms with Gasteiger partial charge in [-0.05, 0) is 55.0 Å². The van der Waals surface area contributed by atoms with Crippen molar-refractivity contribution in [1.29, 1.82) is 0 Å². The Bertz CT molecular complexity index is 1080. The van der Waals surface area contributed by atoms with Gasteiger partial charge in [0.1, 0.15) is 5.75 Å². The van der Waals surface area contributed by atoms with E-state index < -0.39 is 0 Å². The normalized spacial score (nSPS) is 11.2. The summed E-state index contributed by atoms with van der Waals surface area (Å²) in [6.45, 7) is 1.97. The second kappa shape index (κ2) is 7.29. The van der Waals surface area contributed by atoms with E-state index in [9.17, 15) is 0 Å². The first-order valence-corrected chi connectivity index (χ1v) is 8.59. The molecule has 0 radical (unpaired) electrons. The first kappa shape index (κ1) is 16.8. The van der Waals surface area contributed by atoms with Crippen molar-refractivity contribution in [3.05, 3.63) is 78.1 Å². The molecule has 0 atom stereocenters. The fourth-order valence-electron chi connectivity index (χ4n) is 2.92. The molecule has 0 aliphatic rings. The number of anilines is 1. The van der Waals surface area contributed by atoms with Crippen molar-refractivity contribution in [3.8, 4) is 11.4 Å². The minimum absolute atomic E-state index is 0.795. The van der Waals surface area contributed by atoms with Crippen molar-refractivity contribution in [2.75, 3.05) is 12.5 Å². The largest absolute Gasteiger partial charge is 0.497 e. The lowest BCUT2D eigenvalue weighted by molar-refractivity contribution is 0.415. The summed E-state index contributed by atoms with van der Waals surface area (Å²) in [6.07, 6.45) is 3.52. The van der Waals surface area contributed by atoms with Crippen molar-refractivity contribution in [1.82, 2.24) is 14.8 Å². The Morgan fingerprint density at radius 3 is 2.56 bits per heavy atom. The van der Waals surface area contributed by atoms with E-state index in [0.29, 0.717) is 0 Å². The van der Waals surface area contributed by atoms with Crippen LogP contribution in [0.3, 0.4) is 0 Å². The highest BCUT2D eigenvalue weighted by molar-refractivity contribution is 5.92. The van der Waals surface area contributed by atoms with Gasteiger partial charge in [0.05, 0.1) is 35.8 Å². The number of hydrazone groups is 1. The van der Waals surface area contributed by atoms with Crippen molar-refractivity contribution in [2.45, 2.75) is 6.92 Å². The van der Waals surface area contributed by atoms with Crippen LogP contribution in [0.1, 0.15) is 11.3 Å². The molecule has 2 heterocycles. The van der Waals surface area contributed by atoms with Gasteiger partial charge < -0.3 is 4.74 Å². The van der Waals surface area contributed by atoms with Gasteiger partial charge in [0.25, 0.3) is 0 Å². The predicted molar refractivity (Wildman–Crippen MR) is 108 cm³/mol. The van der Waals surface area contributed by atoms with Gasteiger partial charge in [0.15, 0.2) is 5.65 Å². The summed E-state index contributed by atoms with van der Waals surface area (Å²) in [5, 5.41) is 9.97. The number of fused-ring (bicyclic) bond motifs is 1. The van der Waals surface area contributed by atoms with Gasteiger partial charge in [-0.2, -0.15) is 10.2 Å². The Hall–Kier alpha value is -3.67. The molecule has 0 aliphatic heterocycles. The molecule has 0 amide bonds. The number of benzene rings is 2. The van der Waals surface area contributed by atoms with E-state index in [2.05, 4.69) is 20.6 Å². The highest BCUT2D eigenvalue weighted by Gasteiger charge is 2.13. The molecule has 0 saturated heterocycles. The maximum atomic E-state index is 5.17. The molecule has 0 fully saturated rings. The average molecular weight is 357 g/mol. The third-order valence-electron chi connectivity index (χ3n) is 4.26. The third kappa shape index (κ3) is 3.37. The van der Waals surface area contributed by atoms with Gasteiger partial charge in [-0.15, -0.1) is 0 Å². The number of ether oxygens (including phenoxy) is 1. The fraction of sp³-hybridized carbons (Fsp3) is 0.0952. The van der Waals surface area contributed by atoms with Crippen LogP contribution in [0.15, 0.2) is 72.0 Å². The molecule has 2 aromatic carbocycles. The summed E-state index contributed by atoms with van der Waals surface area (Å²) in [5.41, 5.74) is 7.62. The summed E-state index contributed by atoms with van der Waals surface area (Å²) in [4.78, 5) is 4.52. The second-order valence-electron chi connectivity index (χ2n) is 6.03. The number of pyridine rings is 1. The zero-order valence-electron chi connectivity index (χ0n) is 15.1. The quantitative estimate of drug-likeness (QED) is 0.430. The maximum absolute atomic E-state index is 5.17. The highest BCUT2D eigenvalue weighted by Crippen LogP contribution is 2.26. The highest BCUT2D eigenvalue weighted by atomic mass is 16.5. The maximum Gasteiger partial charge on any atom is 0.165 e. The number of aromatic nitrogens is 3. The molecule has 27 heavy (non-hydrogen) atoms. The smallest absolute Gasteiger partial charge is 0.165 e. The van der Waals surface area contributed by atoms with E-state index in [1.165, 1.54) is 0 Å². The first-order chi connectivity index (χ1) is 13.3. The van der Waals surface area contributed by atoms with E-state index in [1.54, 1.807) is 19.5 Å². The SMILES string of the molecule is COc1ccc(/C=N/Nc2ccnc3c2c(C)nn3-c2ccccc2)cc1. The van der Waals surface area contributed by atoms with Crippen LogP contribution in [0, 0.1) is 6.92 Å². The minimum Gasteiger partial charge on any atom is -0.497 e. The number of aryl methyl sites for hydroxylation is 1. The number of nitrogens with zero attached hydrogens (tertiary/aromatic N) is 4. The van der Waals surface area contributed by atoms with Crippen LogP contribution < -0.4 is 10.2 Å². The Kier molecular flexibility index (Phi) is 4.53. The summed E-state index contributed by atoms with van der Waals surface area (Å²) >= 11 is 0. The molecule has 1 N–H and O–H groups in total. The summed E-state index contributed by atoms with van der Waals surface area (Å²) in [6, 6.07) is 19.6. The number of hydrogen-bond donors (Lipinski definition) is 1. The van der Waals surface area contributed by atoms with E-state index >= 15 is 0 Å². The molecule has 0 saturated carbocycles. The summed E-state index contributed by atoms with van der Waals surface area (Å²) < 4.78 is 7.02. The molecule has 0 aliphatic carbocycles. The van der Waals surface area contributed by atoms with Gasteiger partial charge in [-0.3, -0.25) is 5.43 Å². The molecular weight excluding hydrogens is 338 g/mol. The van der Waals surface area contributed by atoms with Crippen LogP contribution in [0.5, 0.6) is 5.75 Å². The Morgan fingerprint density at radius 1 is 1.04 bits per heavy atom. The molecule has 0 bridgehead atoms. The number of rotatable bonds is 5. The molecule has 6 heteroatoms. The van der Waals surface area contributed by atoms with Gasteiger partial charge in [0.2, 0.25) is 0 Å². The van der Waals surface area contributed by atoms with Crippen molar-refractivity contribution in [2.24, 2.45) is 5.10 Å². The van der Waals surface area contributed by atoms with Gasteiger partial charge in [0, 0.05) is 6.20 Å². The zero-order chi connectivity index (χ0) is 18.6. The topological polar surface area (TPSA) is 64.3 Å². The van der Waals surface area contributed by atoms with E-state index in [0.717, 1.165) is 39.4 Å². The standard InChI is InChI=1S/C21H19N5O/c1-15-20-19(24-23-14-16-8-10-18(27-2)11-9-16)12-13-22-21(20)26(25-15)17-6-4-3-5-7-17/h3-14H,1-2H3,(H,22,24)/b23-14+. The lowest BCUT2D eigenvalue weighted by Gasteiger charge is -2.04. The Labute approximate surface area is 157 Å². The molecule has 6 nitrogen and oxygen atoms in total. The van der Waals surface area contributed by atoms with Gasteiger partial charge >= 0.3 is 0 Å². The van der Waals surface area contributed by atoms with E-state index in [-0.39, 0.29) is 0 Å². The summed E-state index contributed by atoms with van der Waals surface area (Å²) in [5.74, 6) is 0.819. The number of methoxy groups -OCH3 is 1. The lowest BCUT2D eigenvalue weighted by Crippen LogP contribution is -1.97. The van der Waals surface area contributed by atoms with Crippen molar-refractivity contribution >= 4 is 22.9 Å². The number of nitrogens with one attached hydrogen (secondary N) is 1. The third-order valence-corrected chi connectivity index (χ3v) is 4.26. The number of para-hydroxylation sites is 1. The molecule has 134 valence electrons. The molecule has 0 unspecified atom stereocenters. The van der Waals surface area contributed by atoms with Crippen LogP contribution >= 0.6 is 0 Å². The van der Waals surface area contributed by atoms with Gasteiger partial charge in [-0.25, -0.2) is 9.67 Å². The fourth-order valence-corrected chi connectivity index (χ4v) is 2.92. The van der Waals surface area contributed by atoms with Gasteiger partial charge in [-0.1, -0.05) is 18.2 Å². The minimum atomic E-state index is 0.795. The molecule has 2 aromatic heterocycles. The second-order valence-corrected chi connectivity index (χ2v) is 6.03. The van der Waals surface area contributed by atoms with Crippen LogP contribution in [0.4, 0.5) is 5.69 Å². The molecule has 4 rings (SSSR count). The van der Waals surface area contributed by atoms with Crippen LogP contribution in [0.25, 0.3) is 16.7 Å². The number of hydrogen-bond acceptors (Lipinski definition) is 5. The van der Waals surface area contributed by atoms with Crippen molar-refractivity contribution < 1.29 is 4.74 Å². The molecule has 0 spiro atoms. The first-order valence-electron chi connectivity index (χ1n) is 8.59. The monoisotopic (exact) mass is 357 g/mol. The molecular formula is C21H19N5O. The zero-order valence-corrected chi connectivity index (χ0v) is 15.1. The predicted octanol–water partition coefficient (Wildman–Crippen LogP) is 4.18. The van der Waals surface area contributed by atoms with Crippen LogP contribution in [-0.2, 0) is 0 Å². The Morgan fingerprint density at radius 2 is 1.81 bits per heavy atom. The Balaban J connectivity index is 1.64.